The monoisotopic (exact) mass is 432 g/mol. The molecule has 0 fully saturated rings. The third kappa shape index (κ3) is 5.13. The first-order valence-corrected chi connectivity index (χ1v) is 8.83. The van der Waals surface area contributed by atoms with Gasteiger partial charge in [0.1, 0.15) is 6.54 Å². The number of aromatic nitrogens is 2. The molecule has 2 aromatic carbocycles. The Morgan fingerprint density at radius 2 is 1.84 bits per heavy atom. The van der Waals surface area contributed by atoms with Crippen molar-refractivity contribution in [1.29, 1.82) is 0 Å². The van der Waals surface area contributed by atoms with Crippen LogP contribution >= 0.6 is 0 Å². The van der Waals surface area contributed by atoms with E-state index in [0.717, 1.165) is 29.1 Å². The molecule has 1 heterocycles. The van der Waals surface area contributed by atoms with Gasteiger partial charge < -0.3 is 5.32 Å². The zero-order valence-electron chi connectivity index (χ0n) is 16.0. The van der Waals surface area contributed by atoms with E-state index in [9.17, 15) is 32.9 Å². The van der Waals surface area contributed by atoms with E-state index in [0.29, 0.717) is 16.8 Å². The van der Waals surface area contributed by atoms with Crippen LogP contribution in [0, 0.1) is 17.0 Å². The number of nitro groups is 1. The van der Waals surface area contributed by atoms with Crippen molar-refractivity contribution in [2.45, 2.75) is 19.6 Å². The molecule has 0 atom stereocenters. The van der Waals surface area contributed by atoms with E-state index in [1.165, 1.54) is 30.3 Å². The Kier molecular flexibility index (Phi) is 5.86. The minimum atomic E-state index is -4.47. The van der Waals surface area contributed by atoms with Gasteiger partial charge in [-0.3, -0.25) is 24.3 Å². The lowest BCUT2D eigenvalue weighted by molar-refractivity contribution is -0.384. The van der Waals surface area contributed by atoms with Crippen molar-refractivity contribution >= 4 is 17.3 Å². The summed E-state index contributed by atoms with van der Waals surface area (Å²) in [6.07, 6.45) is -3.34. The lowest BCUT2D eigenvalue weighted by Gasteiger charge is -2.10. The number of carbonyl (C=O) groups excluding carboxylic acids is 1. The third-order valence-electron chi connectivity index (χ3n) is 4.40. The number of alkyl halides is 3. The SMILES string of the molecule is Cc1cc([N+](=O)[O-])ccc1NC(=O)Cn1cnc(-c2ccc(C(F)(F)F)cc2)cc1=O. The lowest BCUT2D eigenvalue weighted by atomic mass is 10.1. The average molecular weight is 432 g/mol. The largest absolute Gasteiger partial charge is 0.416 e. The van der Waals surface area contributed by atoms with Crippen LogP contribution in [-0.2, 0) is 17.5 Å². The van der Waals surface area contributed by atoms with E-state index in [1.54, 1.807) is 6.92 Å². The van der Waals surface area contributed by atoms with Crippen molar-refractivity contribution in [3.05, 3.63) is 86.5 Å². The predicted octanol–water partition coefficient (Wildman–Crippen LogP) is 3.78. The van der Waals surface area contributed by atoms with Crippen LogP contribution in [-0.4, -0.2) is 20.4 Å². The summed E-state index contributed by atoms with van der Waals surface area (Å²) in [5, 5.41) is 13.3. The highest BCUT2D eigenvalue weighted by Gasteiger charge is 2.30. The molecule has 0 aliphatic heterocycles. The number of hydrogen-bond donors (Lipinski definition) is 1. The molecular weight excluding hydrogens is 417 g/mol. The molecule has 31 heavy (non-hydrogen) atoms. The summed E-state index contributed by atoms with van der Waals surface area (Å²) in [7, 11) is 0. The van der Waals surface area contributed by atoms with Crippen LogP contribution in [0.15, 0.2) is 59.7 Å². The molecule has 3 rings (SSSR count). The summed E-state index contributed by atoms with van der Waals surface area (Å²) < 4.78 is 39.0. The molecule has 11 heteroatoms. The molecule has 1 N–H and O–H groups in total. The Hall–Kier alpha value is -4.02. The maximum absolute atomic E-state index is 12.7. The second-order valence-corrected chi connectivity index (χ2v) is 6.62. The number of amides is 1. The third-order valence-corrected chi connectivity index (χ3v) is 4.40. The van der Waals surface area contributed by atoms with Gasteiger partial charge in [-0.25, -0.2) is 4.98 Å². The smallest absolute Gasteiger partial charge is 0.324 e. The van der Waals surface area contributed by atoms with E-state index in [1.807, 2.05) is 0 Å². The zero-order valence-corrected chi connectivity index (χ0v) is 16.0. The number of aryl methyl sites for hydroxylation is 1. The van der Waals surface area contributed by atoms with Gasteiger partial charge in [-0.15, -0.1) is 0 Å². The molecule has 0 saturated carbocycles. The second-order valence-electron chi connectivity index (χ2n) is 6.62. The maximum Gasteiger partial charge on any atom is 0.416 e. The van der Waals surface area contributed by atoms with Gasteiger partial charge in [0.05, 0.1) is 22.5 Å². The quantitative estimate of drug-likeness (QED) is 0.488. The molecule has 3 aromatic rings. The van der Waals surface area contributed by atoms with Crippen LogP contribution in [0.4, 0.5) is 24.5 Å². The number of nitrogens with one attached hydrogen (secondary N) is 1. The summed E-state index contributed by atoms with van der Waals surface area (Å²) >= 11 is 0. The summed E-state index contributed by atoms with van der Waals surface area (Å²) in [4.78, 5) is 38.8. The van der Waals surface area contributed by atoms with Crippen molar-refractivity contribution in [2.24, 2.45) is 0 Å². The van der Waals surface area contributed by atoms with Crippen LogP contribution < -0.4 is 10.9 Å². The Morgan fingerprint density at radius 1 is 1.16 bits per heavy atom. The van der Waals surface area contributed by atoms with Crippen LogP contribution in [0.1, 0.15) is 11.1 Å². The number of carbonyl (C=O) groups is 1. The molecule has 1 aromatic heterocycles. The Bertz CT molecular complexity index is 1200. The van der Waals surface area contributed by atoms with Crippen LogP contribution in [0.5, 0.6) is 0 Å². The van der Waals surface area contributed by atoms with Crippen molar-refractivity contribution in [2.75, 3.05) is 5.32 Å². The van der Waals surface area contributed by atoms with Crippen molar-refractivity contribution in [3.63, 3.8) is 0 Å². The second kappa shape index (κ2) is 8.38. The van der Waals surface area contributed by atoms with Gasteiger partial charge in [-0.05, 0) is 30.7 Å². The fourth-order valence-electron chi connectivity index (χ4n) is 2.78. The number of anilines is 1. The standard InChI is InChI=1S/C20H15F3N4O4/c1-12-8-15(27(30)31)6-7-16(12)25-18(28)10-26-11-24-17(9-19(26)29)13-2-4-14(5-3-13)20(21,22)23/h2-9,11H,10H2,1H3,(H,25,28). The van der Waals surface area contributed by atoms with Gasteiger partial charge in [0.25, 0.3) is 11.2 Å². The van der Waals surface area contributed by atoms with Crippen LogP contribution in [0.2, 0.25) is 0 Å². The number of hydrogen-bond acceptors (Lipinski definition) is 5. The average Bonchev–Trinajstić information content (AvgIpc) is 2.70. The van der Waals surface area contributed by atoms with E-state index >= 15 is 0 Å². The van der Waals surface area contributed by atoms with Gasteiger partial charge in [0.2, 0.25) is 5.91 Å². The highest BCUT2D eigenvalue weighted by atomic mass is 19.4. The minimum Gasteiger partial charge on any atom is -0.324 e. The molecule has 0 radical (unpaired) electrons. The molecule has 0 unspecified atom stereocenters. The van der Waals surface area contributed by atoms with Crippen LogP contribution in [0.25, 0.3) is 11.3 Å². The normalized spacial score (nSPS) is 11.2. The van der Waals surface area contributed by atoms with Gasteiger partial charge in [-0.2, -0.15) is 13.2 Å². The fraction of sp³-hybridized carbons (Fsp3) is 0.150. The number of non-ortho nitro benzene ring substituents is 1. The number of halogens is 3. The fourth-order valence-corrected chi connectivity index (χ4v) is 2.78. The first-order valence-electron chi connectivity index (χ1n) is 8.83. The predicted molar refractivity (Wildman–Crippen MR) is 105 cm³/mol. The Morgan fingerprint density at radius 3 is 2.39 bits per heavy atom. The van der Waals surface area contributed by atoms with Crippen molar-refractivity contribution in [3.8, 4) is 11.3 Å². The minimum absolute atomic E-state index is 0.116. The summed E-state index contributed by atoms with van der Waals surface area (Å²) in [5.41, 5.74) is -0.175. The first-order chi connectivity index (χ1) is 14.5. The van der Waals surface area contributed by atoms with Gasteiger partial charge >= 0.3 is 6.18 Å². The van der Waals surface area contributed by atoms with E-state index < -0.39 is 28.1 Å². The zero-order chi connectivity index (χ0) is 22.8. The van der Waals surface area contributed by atoms with Crippen molar-refractivity contribution < 1.29 is 22.9 Å². The topological polar surface area (TPSA) is 107 Å². The van der Waals surface area contributed by atoms with Crippen molar-refractivity contribution in [1.82, 2.24) is 9.55 Å². The Labute approximate surface area is 173 Å². The molecule has 0 spiro atoms. The van der Waals surface area contributed by atoms with Gasteiger partial charge in [-0.1, -0.05) is 12.1 Å². The molecule has 0 aliphatic rings. The lowest BCUT2D eigenvalue weighted by Crippen LogP contribution is -2.27. The highest BCUT2D eigenvalue weighted by molar-refractivity contribution is 5.91. The van der Waals surface area contributed by atoms with Crippen LogP contribution in [0.3, 0.4) is 0 Å². The molecule has 1 amide bonds. The molecular formula is C20H15F3N4O4. The van der Waals surface area contributed by atoms with Gasteiger partial charge in [0.15, 0.2) is 0 Å². The van der Waals surface area contributed by atoms with E-state index in [-0.39, 0.29) is 17.9 Å². The maximum atomic E-state index is 12.7. The molecule has 0 bridgehead atoms. The summed E-state index contributed by atoms with van der Waals surface area (Å²) in [6, 6.07) is 9.26. The van der Waals surface area contributed by atoms with E-state index in [4.69, 9.17) is 0 Å². The highest BCUT2D eigenvalue weighted by Crippen LogP contribution is 2.30. The first kappa shape index (κ1) is 21.7. The number of nitro benzene ring substituents is 1. The molecule has 8 nitrogen and oxygen atoms in total. The van der Waals surface area contributed by atoms with Gasteiger partial charge in [0, 0.05) is 29.4 Å². The molecule has 160 valence electrons. The number of benzene rings is 2. The van der Waals surface area contributed by atoms with E-state index in [2.05, 4.69) is 10.3 Å². The molecule has 0 saturated heterocycles. The number of nitrogens with zero attached hydrogens (tertiary/aromatic N) is 3. The summed E-state index contributed by atoms with van der Waals surface area (Å²) in [6.45, 7) is 1.23. The molecule has 0 aliphatic carbocycles. The summed E-state index contributed by atoms with van der Waals surface area (Å²) in [5.74, 6) is -0.553. The number of rotatable bonds is 5. The Balaban J connectivity index is 1.73.